The third kappa shape index (κ3) is 2.59. The van der Waals surface area contributed by atoms with Gasteiger partial charge in [-0.05, 0) is 18.0 Å². The van der Waals surface area contributed by atoms with Gasteiger partial charge in [0.05, 0.1) is 6.26 Å². The molecular weight excluding hydrogens is 228 g/mol. The Morgan fingerprint density at radius 2 is 2.14 bits per heavy atom. The van der Waals surface area contributed by atoms with Gasteiger partial charge in [-0.25, -0.2) is 12.7 Å². The Labute approximate surface area is 88.7 Å². The Hall–Kier alpha value is -0.330. The minimum absolute atomic E-state index is 0.102. The van der Waals surface area contributed by atoms with Gasteiger partial charge in [0, 0.05) is 26.2 Å². The molecule has 0 aromatic rings. The molecule has 1 amide bonds. The first kappa shape index (κ1) is 11.7. The van der Waals surface area contributed by atoms with Gasteiger partial charge in [-0.2, -0.15) is 0 Å². The quantitative estimate of drug-likeness (QED) is 0.516. The third-order valence-corrected chi connectivity index (χ3v) is 3.96. The van der Waals surface area contributed by atoms with Gasteiger partial charge in [-0.3, -0.25) is 4.79 Å². The van der Waals surface area contributed by atoms with Crippen LogP contribution in [0.1, 0.15) is 6.42 Å². The van der Waals surface area contributed by atoms with Crippen molar-refractivity contribution in [2.75, 3.05) is 26.4 Å². The lowest BCUT2D eigenvalue weighted by molar-refractivity contribution is 0.216. The molecule has 0 aliphatic carbocycles. The molecule has 0 aromatic heterocycles. The summed E-state index contributed by atoms with van der Waals surface area (Å²) in [7, 11) is -1.57. The number of nitrogens with zero attached hydrogens (tertiary/aromatic N) is 2. The average molecular weight is 241 g/mol. The summed E-state index contributed by atoms with van der Waals surface area (Å²) in [6.45, 7) is 0.797. The molecule has 1 saturated heterocycles. The summed E-state index contributed by atoms with van der Waals surface area (Å²) in [5.41, 5.74) is 0. The highest BCUT2D eigenvalue weighted by atomic mass is 35.5. The molecule has 5 nitrogen and oxygen atoms in total. The predicted octanol–water partition coefficient (Wildman–Crippen LogP) is 0.311. The molecular formula is C7H13ClN2O3S. The van der Waals surface area contributed by atoms with E-state index in [-0.39, 0.29) is 6.04 Å². The first-order chi connectivity index (χ1) is 6.32. The van der Waals surface area contributed by atoms with Crippen molar-refractivity contribution < 1.29 is 13.2 Å². The lowest BCUT2D eigenvalue weighted by Crippen LogP contribution is -2.37. The molecule has 0 radical (unpaired) electrons. The first-order valence-electron chi connectivity index (χ1n) is 4.20. The van der Waals surface area contributed by atoms with E-state index in [9.17, 15) is 13.2 Å². The molecule has 0 spiro atoms. The zero-order chi connectivity index (χ0) is 10.9. The number of hydrogen-bond donors (Lipinski definition) is 0. The van der Waals surface area contributed by atoms with Gasteiger partial charge in [0.2, 0.25) is 10.0 Å². The molecule has 0 aromatic carbocycles. The largest absolute Gasteiger partial charge is 0.328 e. The topological polar surface area (TPSA) is 57.7 Å². The predicted molar refractivity (Wildman–Crippen MR) is 53.8 cm³/mol. The fraction of sp³-hybridized carbons (Fsp3) is 0.857. The number of halogens is 1. The van der Waals surface area contributed by atoms with E-state index in [1.54, 1.807) is 7.05 Å². The minimum Gasteiger partial charge on any atom is -0.328 e. The summed E-state index contributed by atoms with van der Waals surface area (Å²) in [5.74, 6) is 0. The lowest BCUT2D eigenvalue weighted by Gasteiger charge is -2.21. The van der Waals surface area contributed by atoms with Crippen molar-refractivity contribution in [2.45, 2.75) is 12.5 Å². The second-order valence-electron chi connectivity index (χ2n) is 3.43. The molecule has 14 heavy (non-hydrogen) atoms. The van der Waals surface area contributed by atoms with Crippen LogP contribution in [0.2, 0.25) is 0 Å². The first-order valence-corrected chi connectivity index (χ1v) is 6.42. The van der Waals surface area contributed by atoms with Crippen molar-refractivity contribution in [2.24, 2.45) is 0 Å². The molecule has 1 aliphatic rings. The second-order valence-corrected chi connectivity index (χ2v) is 5.73. The molecule has 1 atom stereocenters. The molecule has 0 saturated carbocycles. The summed E-state index contributed by atoms with van der Waals surface area (Å²) in [5, 5.41) is -0.551. The molecule has 1 fully saturated rings. The van der Waals surface area contributed by atoms with E-state index in [2.05, 4.69) is 0 Å². The summed E-state index contributed by atoms with van der Waals surface area (Å²) < 4.78 is 23.7. The normalized spacial score (nSPS) is 23.8. The van der Waals surface area contributed by atoms with Gasteiger partial charge in [0.25, 0.3) is 0 Å². The molecule has 1 rings (SSSR count). The standard InChI is InChI=1S/C7H13ClN2O3S/c1-9(7(8)11)6-3-4-10(5-6)14(2,12)13/h6H,3-5H2,1-2H3. The van der Waals surface area contributed by atoms with Gasteiger partial charge >= 0.3 is 5.37 Å². The van der Waals surface area contributed by atoms with E-state index in [4.69, 9.17) is 11.6 Å². The number of rotatable bonds is 2. The Balaban J connectivity index is 2.62. The van der Waals surface area contributed by atoms with E-state index in [0.717, 1.165) is 6.26 Å². The smallest absolute Gasteiger partial charge is 0.316 e. The number of hydrogen-bond acceptors (Lipinski definition) is 3. The summed E-state index contributed by atoms with van der Waals surface area (Å²) in [6, 6.07) is -0.102. The van der Waals surface area contributed by atoms with Crippen LogP contribution >= 0.6 is 11.6 Å². The van der Waals surface area contributed by atoms with Crippen LogP contribution in [0.4, 0.5) is 4.79 Å². The minimum atomic E-state index is -3.14. The Morgan fingerprint density at radius 3 is 2.50 bits per heavy atom. The number of carbonyl (C=O) groups is 1. The lowest BCUT2D eigenvalue weighted by atomic mass is 10.2. The van der Waals surface area contributed by atoms with Crippen LogP contribution in [0.5, 0.6) is 0 Å². The molecule has 82 valence electrons. The van der Waals surface area contributed by atoms with Crippen LogP contribution in [0, 0.1) is 0 Å². The van der Waals surface area contributed by atoms with Crippen molar-refractivity contribution in [3.63, 3.8) is 0 Å². The van der Waals surface area contributed by atoms with Gasteiger partial charge in [0.1, 0.15) is 0 Å². The van der Waals surface area contributed by atoms with Crippen LogP contribution in [-0.2, 0) is 10.0 Å². The van der Waals surface area contributed by atoms with Gasteiger partial charge in [0.15, 0.2) is 0 Å². The summed E-state index contributed by atoms with van der Waals surface area (Å²) in [4.78, 5) is 12.2. The fourth-order valence-corrected chi connectivity index (χ4v) is 2.49. The number of amides is 1. The molecule has 1 aliphatic heterocycles. The summed E-state index contributed by atoms with van der Waals surface area (Å²) >= 11 is 5.29. The monoisotopic (exact) mass is 240 g/mol. The number of sulfonamides is 1. The third-order valence-electron chi connectivity index (χ3n) is 2.42. The van der Waals surface area contributed by atoms with E-state index >= 15 is 0 Å². The number of likely N-dealkylation sites (N-methyl/N-ethyl adjacent to an activating group) is 1. The van der Waals surface area contributed by atoms with E-state index in [1.165, 1.54) is 9.21 Å². The zero-order valence-corrected chi connectivity index (χ0v) is 9.68. The van der Waals surface area contributed by atoms with Crippen molar-refractivity contribution in [1.29, 1.82) is 0 Å². The molecule has 7 heteroatoms. The maximum Gasteiger partial charge on any atom is 0.316 e. The Bertz CT molecular complexity index is 330. The Kier molecular flexibility index (Phi) is 3.39. The van der Waals surface area contributed by atoms with Crippen molar-refractivity contribution in [1.82, 2.24) is 9.21 Å². The van der Waals surface area contributed by atoms with Crippen LogP contribution in [-0.4, -0.2) is 55.4 Å². The highest BCUT2D eigenvalue weighted by molar-refractivity contribution is 7.88. The highest BCUT2D eigenvalue weighted by Gasteiger charge is 2.32. The average Bonchev–Trinajstić information content (AvgIpc) is 2.49. The molecule has 1 heterocycles. The fourth-order valence-electron chi connectivity index (χ4n) is 1.47. The van der Waals surface area contributed by atoms with E-state index < -0.39 is 15.4 Å². The van der Waals surface area contributed by atoms with Gasteiger partial charge in [-0.15, -0.1) is 0 Å². The van der Waals surface area contributed by atoms with E-state index in [0.29, 0.717) is 19.5 Å². The Morgan fingerprint density at radius 1 is 1.57 bits per heavy atom. The van der Waals surface area contributed by atoms with Crippen LogP contribution in [0.3, 0.4) is 0 Å². The van der Waals surface area contributed by atoms with Gasteiger partial charge < -0.3 is 4.90 Å². The van der Waals surface area contributed by atoms with Crippen LogP contribution < -0.4 is 0 Å². The summed E-state index contributed by atoms with van der Waals surface area (Å²) in [6.07, 6.45) is 1.81. The molecule has 0 N–H and O–H groups in total. The number of carbonyl (C=O) groups excluding carboxylic acids is 1. The maximum absolute atomic E-state index is 11.2. The maximum atomic E-state index is 11.2. The van der Waals surface area contributed by atoms with Crippen molar-refractivity contribution >= 4 is 27.0 Å². The molecule has 1 unspecified atom stereocenters. The highest BCUT2D eigenvalue weighted by Crippen LogP contribution is 2.17. The van der Waals surface area contributed by atoms with Crippen LogP contribution in [0.15, 0.2) is 0 Å². The second kappa shape index (κ2) is 4.04. The van der Waals surface area contributed by atoms with Gasteiger partial charge in [-0.1, -0.05) is 0 Å². The SMILES string of the molecule is CN(C(=O)Cl)C1CCN(S(C)(=O)=O)C1. The van der Waals surface area contributed by atoms with Crippen LogP contribution in [0.25, 0.3) is 0 Å². The zero-order valence-electron chi connectivity index (χ0n) is 8.10. The van der Waals surface area contributed by atoms with E-state index in [1.807, 2.05) is 0 Å². The van der Waals surface area contributed by atoms with Crippen molar-refractivity contribution in [3.05, 3.63) is 0 Å². The van der Waals surface area contributed by atoms with Crippen molar-refractivity contribution in [3.8, 4) is 0 Å². The molecule has 0 bridgehead atoms.